The molecule has 90 valence electrons. The van der Waals surface area contributed by atoms with Gasteiger partial charge in [0.25, 0.3) is 0 Å². The van der Waals surface area contributed by atoms with Crippen molar-refractivity contribution >= 4 is 0 Å². The molecule has 0 spiro atoms. The number of nitrogens with two attached hydrogens (primary N) is 1. The molecular formula is C12H16F3N. The lowest BCUT2D eigenvalue weighted by Gasteiger charge is -2.18. The Morgan fingerprint density at radius 2 is 1.69 bits per heavy atom. The maximum absolute atomic E-state index is 12.1. The van der Waals surface area contributed by atoms with E-state index in [1.165, 1.54) is 0 Å². The first-order chi connectivity index (χ1) is 7.31. The third-order valence-electron chi connectivity index (χ3n) is 2.65. The van der Waals surface area contributed by atoms with Gasteiger partial charge in [0.05, 0.1) is 0 Å². The van der Waals surface area contributed by atoms with Crippen LogP contribution in [-0.4, -0.2) is 6.18 Å². The molecule has 1 aromatic rings. The molecule has 0 unspecified atom stereocenters. The van der Waals surface area contributed by atoms with Crippen molar-refractivity contribution in [2.45, 2.75) is 38.9 Å². The van der Waals surface area contributed by atoms with Gasteiger partial charge in [0.2, 0.25) is 0 Å². The van der Waals surface area contributed by atoms with Crippen molar-refractivity contribution in [3.05, 3.63) is 34.9 Å². The number of rotatable bonds is 3. The fraction of sp³-hybridized carbons (Fsp3) is 0.500. The van der Waals surface area contributed by atoms with E-state index < -0.39 is 18.6 Å². The van der Waals surface area contributed by atoms with Crippen LogP contribution in [0.5, 0.6) is 0 Å². The highest BCUT2D eigenvalue weighted by atomic mass is 19.4. The van der Waals surface area contributed by atoms with Crippen molar-refractivity contribution in [2.75, 3.05) is 0 Å². The zero-order chi connectivity index (χ0) is 12.3. The van der Waals surface area contributed by atoms with Crippen LogP contribution < -0.4 is 5.73 Å². The zero-order valence-electron chi connectivity index (χ0n) is 9.43. The fourth-order valence-corrected chi connectivity index (χ4v) is 1.88. The van der Waals surface area contributed by atoms with Gasteiger partial charge in [0.1, 0.15) is 0 Å². The molecule has 0 saturated heterocycles. The molecule has 0 aromatic heterocycles. The smallest absolute Gasteiger partial charge is 0.324 e. The van der Waals surface area contributed by atoms with Crippen molar-refractivity contribution in [2.24, 2.45) is 5.73 Å². The Hall–Kier alpha value is -1.03. The lowest BCUT2D eigenvalue weighted by atomic mass is 9.94. The summed E-state index contributed by atoms with van der Waals surface area (Å²) in [7, 11) is 0. The Morgan fingerprint density at radius 3 is 2.12 bits per heavy atom. The van der Waals surface area contributed by atoms with E-state index >= 15 is 0 Å². The second-order valence-electron chi connectivity index (χ2n) is 4.07. The second kappa shape index (κ2) is 4.87. The van der Waals surface area contributed by atoms with Crippen molar-refractivity contribution in [3.63, 3.8) is 0 Å². The van der Waals surface area contributed by atoms with Crippen LogP contribution in [0.2, 0.25) is 0 Å². The fourth-order valence-electron chi connectivity index (χ4n) is 1.88. The van der Waals surface area contributed by atoms with Crippen molar-refractivity contribution in [1.29, 1.82) is 0 Å². The average Bonchev–Trinajstić information content (AvgIpc) is 2.13. The quantitative estimate of drug-likeness (QED) is 0.844. The van der Waals surface area contributed by atoms with Crippen LogP contribution in [0.3, 0.4) is 0 Å². The Balaban J connectivity index is 2.77. The number of halogens is 3. The molecule has 0 saturated carbocycles. The predicted octanol–water partition coefficient (Wildman–Crippen LogP) is 3.65. The first-order valence-corrected chi connectivity index (χ1v) is 5.19. The van der Waals surface area contributed by atoms with E-state index in [4.69, 9.17) is 5.73 Å². The number of hydrogen-bond acceptors (Lipinski definition) is 1. The summed E-state index contributed by atoms with van der Waals surface area (Å²) in [6.07, 6.45) is -5.02. The molecule has 0 aliphatic carbocycles. The lowest BCUT2D eigenvalue weighted by molar-refractivity contribution is -0.136. The molecule has 2 N–H and O–H groups in total. The molecule has 1 rings (SSSR count). The Morgan fingerprint density at radius 1 is 1.19 bits per heavy atom. The van der Waals surface area contributed by atoms with Crippen LogP contribution in [0.25, 0.3) is 0 Å². The molecule has 1 nitrogen and oxygen atoms in total. The summed E-state index contributed by atoms with van der Waals surface area (Å²) in [4.78, 5) is 0. The van der Waals surface area contributed by atoms with E-state index in [9.17, 15) is 13.2 Å². The lowest BCUT2D eigenvalue weighted by Crippen LogP contribution is -2.17. The molecule has 0 radical (unpaired) electrons. The maximum Gasteiger partial charge on any atom is 0.389 e. The molecule has 0 aliphatic heterocycles. The molecule has 1 atom stereocenters. The van der Waals surface area contributed by atoms with E-state index in [0.717, 1.165) is 16.7 Å². The number of aryl methyl sites for hydroxylation is 2. The SMILES string of the molecule is Cc1cccc(C)c1[C@@H](N)CCC(F)(F)F. The first kappa shape index (κ1) is 13.0. The van der Waals surface area contributed by atoms with Gasteiger partial charge in [-0.05, 0) is 37.0 Å². The number of hydrogen-bond donors (Lipinski definition) is 1. The number of benzene rings is 1. The van der Waals surface area contributed by atoms with Crippen LogP contribution in [0, 0.1) is 13.8 Å². The summed E-state index contributed by atoms with van der Waals surface area (Å²) in [6.45, 7) is 3.74. The molecule has 0 amide bonds. The van der Waals surface area contributed by atoms with Crippen LogP contribution in [0.1, 0.15) is 35.6 Å². The third-order valence-corrected chi connectivity index (χ3v) is 2.65. The third kappa shape index (κ3) is 3.52. The Bertz CT molecular complexity index is 338. The van der Waals surface area contributed by atoms with Crippen LogP contribution in [-0.2, 0) is 0 Å². The summed E-state index contributed by atoms with van der Waals surface area (Å²) in [5.74, 6) is 0. The molecule has 0 fully saturated rings. The minimum absolute atomic E-state index is 0.0603. The van der Waals surface area contributed by atoms with Gasteiger partial charge in [-0.25, -0.2) is 0 Å². The standard InChI is InChI=1S/C12H16F3N/c1-8-4-3-5-9(2)11(8)10(16)6-7-12(13,14)15/h3-5,10H,6-7,16H2,1-2H3/t10-/m0/s1. The van der Waals surface area contributed by atoms with E-state index in [1.807, 2.05) is 32.0 Å². The number of alkyl halides is 3. The Labute approximate surface area is 93.5 Å². The molecule has 0 heterocycles. The minimum Gasteiger partial charge on any atom is -0.324 e. The second-order valence-corrected chi connectivity index (χ2v) is 4.07. The highest BCUT2D eigenvalue weighted by Gasteiger charge is 2.28. The average molecular weight is 231 g/mol. The topological polar surface area (TPSA) is 26.0 Å². The van der Waals surface area contributed by atoms with Gasteiger partial charge in [-0.2, -0.15) is 13.2 Å². The van der Waals surface area contributed by atoms with Crippen LogP contribution >= 0.6 is 0 Å². The molecular weight excluding hydrogens is 215 g/mol. The predicted molar refractivity (Wildman–Crippen MR) is 58.1 cm³/mol. The van der Waals surface area contributed by atoms with Gasteiger partial charge in [0.15, 0.2) is 0 Å². The Kier molecular flexibility index (Phi) is 3.97. The molecule has 4 heteroatoms. The van der Waals surface area contributed by atoms with Gasteiger partial charge in [0, 0.05) is 12.5 Å². The summed E-state index contributed by atoms with van der Waals surface area (Å²) < 4.78 is 36.2. The highest BCUT2D eigenvalue weighted by molar-refractivity contribution is 5.35. The highest BCUT2D eigenvalue weighted by Crippen LogP contribution is 2.28. The molecule has 1 aromatic carbocycles. The van der Waals surface area contributed by atoms with Gasteiger partial charge >= 0.3 is 6.18 Å². The summed E-state index contributed by atoms with van der Waals surface area (Å²) in [6, 6.07) is 5.08. The van der Waals surface area contributed by atoms with E-state index in [0.29, 0.717) is 0 Å². The summed E-state index contributed by atoms with van der Waals surface area (Å²) in [5.41, 5.74) is 8.55. The van der Waals surface area contributed by atoms with Gasteiger partial charge in [-0.3, -0.25) is 0 Å². The zero-order valence-corrected chi connectivity index (χ0v) is 9.43. The first-order valence-electron chi connectivity index (χ1n) is 5.19. The monoisotopic (exact) mass is 231 g/mol. The summed E-state index contributed by atoms with van der Waals surface area (Å²) >= 11 is 0. The normalized spacial score (nSPS) is 13.9. The molecule has 16 heavy (non-hydrogen) atoms. The van der Waals surface area contributed by atoms with Gasteiger partial charge in [-0.1, -0.05) is 18.2 Å². The minimum atomic E-state index is -4.13. The largest absolute Gasteiger partial charge is 0.389 e. The van der Waals surface area contributed by atoms with Crippen molar-refractivity contribution in [3.8, 4) is 0 Å². The van der Waals surface area contributed by atoms with E-state index in [-0.39, 0.29) is 6.42 Å². The maximum atomic E-state index is 12.1. The molecule has 0 aliphatic rings. The van der Waals surface area contributed by atoms with E-state index in [2.05, 4.69) is 0 Å². The van der Waals surface area contributed by atoms with Gasteiger partial charge in [-0.15, -0.1) is 0 Å². The molecule has 0 bridgehead atoms. The van der Waals surface area contributed by atoms with Crippen LogP contribution in [0.4, 0.5) is 13.2 Å². The summed E-state index contributed by atoms with van der Waals surface area (Å²) in [5, 5.41) is 0. The van der Waals surface area contributed by atoms with Crippen LogP contribution in [0.15, 0.2) is 18.2 Å². The van der Waals surface area contributed by atoms with Crippen molar-refractivity contribution in [1.82, 2.24) is 0 Å². The van der Waals surface area contributed by atoms with Crippen molar-refractivity contribution < 1.29 is 13.2 Å². The van der Waals surface area contributed by atoms with Gasteiger partial charge < -0.3 is 5.73 Å². The van der Waals surface area contributed by atoms with E-state index in [1.54, 1.807) is 0 Å².